The molecule has 0 saturated heterocycles. The molecule has 118 valence electrons. The summed E-state index contributed by atoms with van der Waals surface area (Å²) < 4.78 is 1.60. The Labute approximate surface area is 142 Å². The maximum absolute atomic E-state index is 12.6. The van der Waals surface area contributed by atoms with Crippen molar-refractivity contribution in [2.75, 3.05) is 5.75 Å². The van der Waals surface area contributed by atoms with Crippen LogP contribution in [0.25, 0.3) is 27.8 Å². The summed E-state index contributed by atoms with van der Waals surface area (Å²) in [6, 6.07) is 11.2. The van der Waals surface area contributed by atoms with Gasteiger partial charge in [0.15, 0.2) is 11.0 Å². The molecule has 0 atom stereocenters. The van der Waals surface area contributed by atoms with Gasteiger partial charge in [0.2, 0.25) is 5.16 Å². The lowest BCUT2D eigenvalue weighted by atomic mass is 10.2. The maximum Gasteiger partial charge on any atom is 0.356 e. The van der Waals surface area contributed by atoms with Crippen LogP contribution in [0.2, 0.25) is 0 Å². The first-order valence-electron chi connectivity index (χ1n) is 7.51. The Kier molecular flexibility index (Phi) is 3.70. The summed E-state index contributed by atoms with van der Waals surface area (Å²) in [7, 11) is 0. The quantitative estimate of drug-likeness (QED) is 0.324. The molecule has 0 saturated carbocycles. The van der Waals surface area contributed by atoms with E-state index in [1.807, 2.05) is 43.3 Å². The van der Waals surface area contributed by atoms with Gasteiger partial charge in [-0.2, -0.15) is 0 Å². The van der Waals surface area contributed by atoms with Crippen molar-refractivity contribution in [1.29, 1.82) is 0 Å². The fraction of sp³-hybridized carbons (Fsp3) is 0.118. The molecule has 4 aromatic rings. The number of rotatable bonds is 3. The molecule has 4 rings (SSSR count). The number of fused-ring (bicyclic) bond motifs is 3. The van der Waals surface area contributed by atoms with E-state index in [2.05, 4.69) is 15.1 Å². The molecule has 1 aromatic carbocycles. The number of nitrogens with zero attached hydrogens (tertiary/aromatic N) is 5. The zero-order chi connectivity index (χ0) is 16.5. The van der Waals surface area contributed by atoms with Crippen molar-refractivity contribution >= 4 is 28.2 Å². The molecule has 0 fully saturated rings. The van der Waals surface area contributed by atoms with E-state index in [4.69, 9.17) is 4.98 Å². The van der Waals surface area contributed by atoms with Gasteiger partial charge in [0.1, 0.15) is 0 Å². The molecular weight excluding hydrogens is 322 g/mol. The van der Waals surface area contributed by atoms with Crippen LogP contribution in [0, 0.1) is 0 Å². The molecule has 0 radical (unpaired) electrons. The molecule has 0 unspecified atom stereocenters. The van der Waals surface area contributed by atoms with Crippen molar-refractivity contribution in [3.63, 3.8) is 0 Å². The SMILES string of the molecule is CCSc1nc([O-])c2c3ccccc3nc(-c3ccncc3)[n+]2n1. The van der Waals surface area contributed by atoms with Gasteiger partial charge < -0.3 is 5.11 Å². The van der Waals surface area contributed by atoms with E-state index in [1.165, 1.54) is 11.8 Å². The van der Waals surface area contributed by atoms with Gasteiger partial charge in [0.05, 0.1) is 10.9 Å². The Morgan fingerprint density at radius 3 is 2.67 bits per heavy atom. The molecule has 0 aliphatic heterocycles. The number of benzene rings is 1. The van der Waals surface area contributed by atoms with Gasteiger partial charge in [-0.15, -0.1) is 0 Å². The van der Waals surface area contributed by atoms with E-state index >= 15 is 0 Å². The van der Waals surface area contributed by atoms with E-state index < -0.39 is 0 Å². The average Bonchev–Trinajstić information content (AvgIpc) is 2.62. The lowest BCUT2D eigenvalue weighted by Crippen LogP contribution is -2.33. The number of pyridine rings is 1. The lowest BCUT2D eigenvalue weighted by Gasteiger charge is -2.10. The van der Waals surface area contributed by atoms with Gasteiger partial charge in [-0.05, 0) is 40.1 Å². The third-order valence-electron chi connectivity index (χ3n) is 3.60. The van der Waals surface area contributed by atoms with Crippen LogP contribution in [0.15, 0.2) is 53.9 Å². The molecule has 6 nitrogen and oxygen atoms in total. The molecule has 3 aromatic heterocycles. The van der Waals surface area contributed by atoms with E-state index in [-0.39, 0.29) is 5.88 Å². The molecule has 0 aliphatic carbocycles. The second kappa shape index (κ2) is 6.01. The Morgan fingerprint density at radius 2 is 1.88 bits per heavy atom. The van der Waals surface area contributed by atoms with E-state index in [9.17, 15) is 5.11 Å². The summed E-state index contributed by atoms with van der Waals surface area (Å²) in [5.41, 5.74) is 2.02. The highest BCUT2D eigenvalue weighted by Crippen LogP contribution is 2.25. The zero-order valence-electron chi connectivity index (χ0n) is 12.9. The molecule has 3 heterocycles. The van der Waals surface area contributed by atoms with Gasteiger partial charge in [-0.1, -0.05) is 35.3 Å². The monoisotopic (exact) mass is 335 g/mol. The minimum atomic E-state index is -0.296. The van der Waals surface area contributed by atoms with Crippen LogP contribution in [0.3, 0.4) is 0 Å². The Morgan fingerprint density at radius 1 is 1.08 bits per heavy atom. The first-order chi connectivity index (χ1) is 11.8. The standard InChI is InChI=1S/C17H13N5OS/c1-2-24-17-20-16(23)14-12-5-3-4-6-13(12)19-15(22(14)21-17)11-7-9-18-10-8-11/h3-10H,2H2,1H3. The number of thioether (sulfide) groups is 1. The topological polar surface area (TPSA) is 78.7 Å². The van der Waals surface area contributed by atoms with Crippen LogP contribution in [0.5, 0.6) is 5.88 Å². The van der Waals surface area contributed by atoms with Crippen molar-refractivity contribution in [2.24, 2.45) is 0 Å². The summed E-state index contributed by atoms with van der Waals surface area (Å²) in [5, 5.41) is 18.4. The molecular formula is C17H13N5OS. The second-order valence-corrected chi connectivity index (χ2v) is 6.31. The summed E-state index contributed by atoms with van der Waals surface area (Å²) in [6.07, 6.45) is 3.39. The van der Waals surface area contributed by atoms with Crippen LogP contribution in [0.1, 0.15) is 6.92 Å². The minimum absolute atomic E-state index is 0.296. The first kappa shape index (κ1) is 14.8. The number of para-hydroxylation sites is 1. The highest BCUT2D eigenvalue weighted by molar-refractivity contribution is 7.99. The molecule has 7 heteroatoms. The van der Waals surface area contributed by atoms with Gasteiger partial charge in [-0.25, -0.2) is 4.98 Å². The number of hydrogen-bond donors (Lipinski definition) is 0. The fourth-order valence-electron chi connectivity index (χ4n) is 2.58. The van der Waals surface area contributed by atoms with Crippen molar-refractivity contribution in [3.05, 3.63) is 48.8 Å². The van der Waals surface area contributed by atoms with Crippen molar-refractivity contribution < 1.29 is 9.62 Å². The fourth-order valence-corrected chi connectivity index (χ4v) is 3.13. The van der Waals surface area contributed by atoms with Crippen molar-refractivity contribution in [3.8, 4) is 17.3 Å². The highest BCUT2D eigenvalue weighted by Gasteiger charge is 2.22. The molecule has 0 spiro atoms. The van der Waals surface area contributed by atoms with Gasteiger partial charge in [0.25, 0.3) is 0 Å². The normalized spacial score (nSPS) is 11.2. The largest absolute Gasteiger partial charge is 0.856 e. The maximum atomic E-state index is 12.6. The molecule has 0 N–H and O–H groups in total. The van der Waals surface area contributed by atoms with Crippen LogP contribution < -0.4 is 9.62 Å². The van der Waals surface area contributed by atoms with Gasteiger partial charge in [0, 0.05) is 18.3 Å². The highest BCUT2D eigenvalue weighted by atomic mass is 32.2. The van der Waals surface area contributed by atoms with E-state index in [0.29, 0.717) is 16.5 Å². The summed E-state index contributed by atoms with van der Waals surface area (Å²) in [6.45, 7) is 2.00. The van der Waals surface area contributed by atoms with Crippen LogP contribution in [0.4, 0.5) is 0 Å². The van der Waals surface area contributed by atoms with Gasteiger partial charge >= 0.3 is 5.82 Å². The predicted molar refractivity (Wildman–Crippen MR) is 89.6 cm³/mol. The van der Waals surface area contributed by atoms with Crippen molar-refractivity contribution in [1.82, 2.24) is 20.1 Å². The molecule has 0 bridgehead atoms. The van der Waals surface area contributed by atoms with E-state index in [0.717, 1.165) is 22.2 Å². The summed E-state index contributed by atoms with van der Waals surface area (Å²) in [5.74, 6) is 1.09. The number of hydrogen-bond acceptors (Lipinski definition) is 6. The van der Waals surface area contributed by atoms with Crippen molar-refractivity contribution in [2.45, 2.75) is 12.1 Å². The van der Waals surface area contributed by atoms with Crippen LogP contribution >= 0.6 is 11.8 Å². The van der Waals surface area contributed by atoms with Crippen LogP contribution in [-0.2, 0) is 0 Å². The Hall–Kier alpha value is -2.80. The Balaban J connectivity index is 2.16. The minimum Gasteiger partial charge on any atom is -0.856 e. The first-order valence-corrected chi connectivity index (χ1v) is 8.49. The zero-order valence-corrected chi connectivity index (χ0v) is 13.7. The number of aromatic nitrogens is 5. The smallest absolute Gasteiger partial charge is 0.356 e. The Bertz CT molecular complexity index is 1040. The average molecular weight is 335 g/mol. The van der Waals surface area contributed by atoms with Crippen LogP contribution in [-0.4, -0.2) is 25.8 Å². The van der Waals surface area contributed by atoms with Gasteiger partial charge in [-0.3, -0.25) is 4.98 Å². The molecule has 24 heavy (non-hydrogen) atoms. The second-order valence-electron chi connectivity index (χ2n) is 5.08. The third-order valence-corrected chi connectivity index (χ3v) is 4.32. The lowest BCUT2D eigenvalue weighted by molar-refractivity contribution is -0.579. The predicted octanol–water partition coefficient (Wildman–Crippen LogP) is 2.01. The van der Waals surface area contributed by atoms with E-state index in [1.54, 1.807) is 16.9 Å². The summed E-state index contributed by atoms with van der Waals surface area (Å²) >= 11 is 1.43. The molecule has 0 amide bonds. The molecule has 0 aliphatic rings. The third kappa shape index (κ3) is 2.43. The summed E-state index contributed by atoms with van der Waals surface area (Å²) in [4.78, 5) is 12.9.